The lowest BCUT2D eigenvalue weighted by Crippen LogP contribution is -2.39. The second-order valence-corrected chi connectivity index (χ2v) is 6.19. The van der Waals surface area contributed by atoms with E-state index in [0.29, 0.717) is 6.54 Å². The Kier molecular flexibility index (Phi) is 4.33. The number of hydrogen-bond donors (Lipinski definition) is 2. The highest BCUT2D eigenvalue weighted by molar-refractivity contribution is 5.70. The summed E-state index contributed by atoms with van der Waals surface area (Å²) in [5, 5.41) is 20.1. The van der Waals surface area contributed by atoms with Crippen molar-refractivity contribution in [3.8, 4) is 0 Å². The summed E-state index contributed by atoms with van der Waals surface area (Å²) in [4.78, 5) is 29.1. The first-order chi connectivity index (χ1) is 11.4. The first-order valence-corrected chi connectivity index (χ1v) is 8.06. The number of aliphatic hydroxyl groups is 2. The van der Waals surface area contributed by atoms with Gasteiger partial charge in [-0.3, -0.25) is 18.5 Å². The van der Waals surface area contributed by atoms with Crippen molar-refractivity contribution in [3.05, 3.63) is 27.2 Å². The van der Waals surface area contributed by atoms with E-state index in [9.17, 15) is 19.8 Å². The van der Waals surface area contributed by atoms with Gasteiger partial charge in [-0.05, 0) is 13.3 Å². The summed E-state index contributed by atoms with van der Waals surface area (Å²) in [6.45, 7) is 4.10. The maximum absolute atomic E-state index is 12.6. The minimum absolute atomic E-state index is 0.179. The van der Waals surface area contributed by atoms with E-state index in [0.717, 1.165) is 17.4 Å². The number of aliphatic hydroxyl groups excluding tert-OH is 2. The van der Waals surface area contributed by atoms with Gasteiger partial charge in [0.25, 0.3) is 5.56 Å². The van der Waals surface area contributed by atoms with Gasteiger partial charge >= 0.3 is 5.69 Å². The van der Waals surface area contributed by atoms with Gasteiger partial charge in [-0.2, -0.15) is 0 Å². The average molecular weight is 338 g/mol. The predicted molar refractivity (Wildman–Crippen MR) is 85.7 cm³/mol. The van der Waals surface area contributed by atoms with Crippen molar-refractivity contribution in [2.75, 3.05) is 0 Å². The van der Waals surface area contributed by atoms with Gasteiger partial charge in [-0.25, -0.2) is 9.78 Å². The largest absolute Gasteiger partial charge is 0.388 e. The number of nitrogens with zero attached hydrogens (tertiary/aromatic N) is 4. The molecule has 0 amide bonds. The summed E-state index contributed by atoms with van der Waals surface area (Å²) in [6, 6.07) is 0. The standard InChI is InChI=1S/C15H22N4O5/c1-4-5-6-18-12-9(13(22)17(3)15(18)23)19(7-16-12)14-11(21)10(20)8(2)24-14/h7-8,10-11,14,20-21H,4-6H2,1-3H3. The minimum atomic E-state index is -1.18. The lowest BCUT2D eigenvalue weighted by molar-refractivity contribution is -0.0298. The zero-order valence-electron chi connectivity index (χ0n) is 13.9. The number of rotatable bonds is 4. The number of unbranched alkanes of at least 4 members (excludes halogenated alkanes) is 1. The molecule has 0 aromatic carbocycles. The molecular formula is C15H22N4O5. The fourth-order valence-corrected chi connectivity index (χ4v) is 3.04. The molecule has 1 aliphatic heterocycles. The molecule has 0 saturated carbocycles. The number of aromatic nitrogens is 4. The van der Waals surface area contributed by atoms with E-state index < -0.39 is 35.8 Å². The molecule has 1 fully saturated rings. The second kappa shape index (κ2) is 6.15. The van der Waals surface area contributed by atoms with Crippen LogP contribution >= 0.6 is 0 Å². The minimum Gasteiger partial charge on any atom is -0.388 e. The molecule has 0 aliphatic carbocycles. The van der Waals surface area contributed by atoms with Crippen LogP contribution in [0.2, 0.25) is 0 Å². The van der Waals surface area contributed by atoms with Crippen molar-refractivity contribution in [1.29, 1.82) is 0 Å². The highest BCUT2D eigenvalue weighted by Crippen LogP contribution is 2.30. The van der Waals surface area contributed by atoms with E-state index in [1.165, 1.54) is 22.5 Å². The molecule has 0 bridgehead atoms. The summed E-state index contributed by atoms with van der Waals surface area (Å²) < 4.78 is 9.45. The van der Waals surface area contributed by atoms with Crippen molar-refractivity contribution >= 4 is 11.2 Å². The normalized spacial score (nSPS) is 27.2. The monoisotopic (exact) mass is 338 g/mol. The molecule has 2 aromatic heterocycles. The van der Waals surface area contributed by atoms with Crippen LogP contribution in [0.15, 0.2) is 15.9 Å². The zero-order chi connectivity index (χ0) is 17.6. The summed E-state index contributed by atoms with van der Waals surface area (Å²) in [6.07, 6.45) is -0.695. The Labute approximate surface area is 137 Å². The van der Waals surface area contributed by atoms with Crippen LogP contribution in [0, 0.1) is 0 Å². The number of hydrogen-bond acceptors (Lipinski definition) is 6. The molecule has 2 N–H and O–H groups in total. The van der Waals surface area contributed by atoms with Crippen molar-refractivity contribution < 1.29 is 14.9 Å². The van der Waals surface area contributed by atoms with Gasteiger partial charge in [-0.1, -0.05) is 13.3 Å². The topological polar surface area (TPSA) is 112 Å². The molecular weight excluding hydrogens is 316 g/mol. The summed E-state index contributed by atoms with van der Waals surface area (Å²) in [7, 11) is 1.41. The van der Waals surface area contributed by atoms with Crippen LogP contribution in [0.1, 0.15) is 32.9 Å². The van der Waals surface area contributed by atoms with Crippen LogP contribution in [0.4, 0.5) is 0 Å². The Morgan fingerprint density at radius 3 is 2.58 bits per heavy atom. The number of imidazole rings is 1. The summed E-state index contributed by atoms with van der Waals surface area (Å²) in [5.74, 6) is 0. The van der Waals surface area contributed by atoms with E-state index in [2.05, 4.69) is 4.98 Å². The maximum atomic E-state index is 12.6. The zero-order valence-corrected chi connectivity index (χ0v) is 13.9. The third-order valence-electron chi connectivity index (χ3n) is 4.54. The van der Waals surface area contributed by atoms with Gasteiger partial charge in [0.2, 0.25) is 0 Å². The Balaban J connectivity index is 2.21. The SMILES string of the molecule is CCCCn1c(=O)n(C)c(=O)c2c1ncn2C1OC(C)C(O)C1O. The van der Waals surface area contributed by atoms with E-state index in [4.69, 9.17) is 4.74 Å². The predicted octanol–water partition coefficient (Wildman–Crippen LogP) is -0.664. The Morgan fingerprint density at radius 1 is 1.29 bits per heavy atom. The first-order valence-electron chi connectivity index (χ1n) is 8.06. The molecule has 132 valence electrons. The molecule has 9 heteroatoms. The van der Waals surface area contributed by atoms with Gasteiger partial charge in [-0.15, -0.1) is 0 Å². The molecule has 3 rings (SSSR count). The van der Waals surface area contributed by atoms with E-state index in [1.54, 1.807) is 6.92 Å². The Hall–Kier alpha value is -1.97. The third kappa shape index (κ3) is 2.40. The number of aryl methyl sites for hydroxylation is 1. The highest BCUT2D eigenvalue weighted by Gasteiger charge is 2.42. The number of fused-ring (bicyclic) bond motifs is 1. The van der Waals surface area contributed by atoms with Gasteiger partial charge in [0, 0.05) is 13.6 Å². The summed E-state index contributed by atoms with van der Waals surface area (Å²) >= 11 is 0. The molecule has 0 spiro atoms. The maximum Gasteiger partial charge on any atom is 0.332 e. The highest BCUT2D eigenvalue weighted by atomic mass is 16.6. The molecule has 2 aromatic rings. The molecule has 1 saturated heterocycles. The van der Waals surface area contributed by atoms with Crippen LogP contribution in [0.25, 0.3) is 11.2 Å². The van der Waals surface area contributed by atoms with Crippen LogP contribution in [0.3, 0.4) is 0 Å². The fourth-order valence-electron chi connectivity index (χ4n) is 3.04. The van der Waals surface area contributed by atoms with Gasteiger partial charge in [0.1, 0.15) is 12.2 Å². The Morgan fingerprint density at radius 2 is 2.00 bits per heavy atom. The number of ether oxygens (including phenoxy) is 1. The average Bonchev–Trinajstić information content (AvgIpc) is 3.10. The quantitative estimate of drug-likeness (QED) is 0.765. The molecule has 0 radical (unpaired) electrons. The fraction of sp³-hybridized carbons (Fsp3) is 0.667. The summed E-state index contributed by atoms with van der Waals surface area (Å²) in [5.41, 5.74) is -0.488. The van der Waals surface area contributed by atoms with Gasteiger partial charge in [0.05, 0.1) is 12.4 Å². The van der Waals surface area contributed by atoms with Crippen molar-refractivity contribution in [2.45, 2.75) is 57.8 Å². The van der Waals surface area contributed by atoms with Crippen molar-refractivity contribution in [2.24, 2.45) is 7.05 Å². The second-order valence-electron chi connectivity index (χ2n) is 6.19. The van der Waals surface area contributed by atoms with E-state index >= 15 is 0 Å². The smallest absolute Gasteiger partial charge is 0.332 e. The van der Waals surface area contributed by atoms with E-state index in [1.807, 2.05) is 6.92 Å². The first kappa shape index (κ1) is 16.9. The lowest BCUT2D eigenvalue weighted by atomic mass is 10.1. The molecule has 24 heavy (non-hydrogen) atoms. The molecule has 3 heterocycles. The Bertz CT molecular complexity index is 867. The van der Waals surface area contributed by atoms with Crippen molar-refractivity contribution in [3.63, 3.8) is 0 Å². The van der Waals surface area contributed by atoms with Crippen LogP contribution in [0.5, 0.6) is 0 Å². The van der Waals surface area contributed by atoms with Crippen LogP contribution in [-0.4, -0.2) is 47.2 Å². The molecule has 9 nitrogen and oxygen atoms in total. The van der Waals surface area contributed by atoms with Crippen LogP contribution < -0.4 is 11.2 Å². The van der Waals surface area contributed by atoms with Gasteiger partial charge in [0.15, 0.2) is 17.4 Å². The lowest BCUT2D eigenvalue weighted by Gasteiger charge is -2.17. The molecule has 1 aliphatic rings. The van der Waals surface area contributed by atoms with Crippen molar-refractivity contribution in [1.82, 2.24) is 18.7 Å². The third-order valence-corrected chi connectivity index (χ3v) is 4.54. The van der Waals surface area contributed by atoms with Crippen LogP contribution in [-0.2, 0) is 18.3 Å². The molecule has 4 atom stereocenters. The molecule has 4 unspecified atom stereocenters. The van der Waals surface area contributed by atoms with Gasteiger partial charge < -0.3 is 14.9 Å². The van der Waals surface area contributed by atoms with E-state index in [-0.39, 0.29) is 11.2 Å².